The fourth-order valence-corrected chi connectivity index (χ4v) is 4.63. The lowest BCUT2D eigenvalue weighted by molar-refractivity contribution is -0.00913. The van der Waals surface area contributed by atoms with E-state index in [1.165, 1.54) is 11.1 Å². The highest BCUT2D eigenvalue weighted by molar-refractivity contribution is 5.68. The summed E-state index contributed by atoms with van der Waals surface area (Å²) in [6.07, 6.45) is -0.513. The van der Waals surface area contributed by atoms with Gasteiger partial charge in [0.2, 0.25) is 0 Å². The second-order valence-corrected chi connectivity index (χ2v) is 11.5. The number of rotatable bonds is 12. The minimum absolute atomic E-state index is 0.199. The number of hydrogen-bond donors (Lipinski definition) is 1. The molecular formula is C33H44N2O3. The molecule has 0 aromatic heterocycles. The molecule has 0 spiro atoms. The van der Waals surface area contributed by atoms with Crippen molar-refractivity contribution < 1.29 is 14.6 Å². The van der Waals surface area contributed by atoms with Crippen molar-refractivity contribution in [2.24, 2.45) is 5.92 Å². The van der Waals surface area contributed by atoms with E-state index in [0.717, 1.165) is 5.56 Å². The van der Waals surface area contributed by atoms with Gasteiger partial charge in [0.05, 0.1) is 12.6 Å². The summed E-state index contributed by atoms with van der Waals surface area (Å²) in [5.74, 6) is 0.243. The van der Waals surface area contributed by atoms with Crippen LogP contribution in [0.15, 0.2) is 91.0 Å². The molecule has 3 aromatic rings. The summed E-state index contributed by atoms with van der Waals surface area (Å²) in [4.78, 5) is 17.1. The van der Waals surface area contributed by atoms with Crippen molar-refractivity contribution in [3.63, 3.8) is 0 Å². The molecule has 0 saturated carbocycles. The zero-order chi connectivity index (χ0) is 27.5. The van der Waals surface area contributed by atoms with E-state index in [-0.39, 0.29) is 24.6 Å². The molecule has 2 atom stereocenters. The Morgan fingerprint density at radius 2 is 1.21 bits per heavy atom. The third kappa shape index (κ3) is 9.96. The van der Waals surface area contributed by atoms with Crippen LogP contribution in [0.5, 0.6) is 0 Å². The Morgan fingerprint density at radius 1 is 0.763 bits per heavy atom. The lowest BCUT2D eigenvalue weighted by Crippen LogP contribution is -2.51. The van der Waals surface area contributed by atoms with Crippen molar-refractivity contribution in [1.29, 1.82) is 0 Å². The summed E-state index contributed by atoms with van der Waals surface area (Å²) >= 11 is 0. The Labute approximate surface area is 229 Å². The summed E-state index contributed by atoms with van der Waals surface area (Å²) in [6, 6.07) is 30.8. The quantitative estimate of drug-likeness (QED) is 0.296. The maximum absolute atomic E-state index is 13.1. The largest absolute Gasteiger partial charge is 0.444 e. The number of carbonyl (C=O) groups excluding carboxylic acids is 1. The standard InChI is InChI=1S/C33H44N2O3/c1-26(2)22-35(32(37)38-33(3,4)5)25-31(36)30(21-27-15-9-6-10-16-27)34(23-28-17-11-7-12-18-28)24-29-19-13-8-14-20-29/h6-20,26,30-31,36H,21-25H2,1-5H3. The SMILES string of the molecule is CC(C)CN(CC(O)C(Cc1ccccc1)N(Cc1ccccc1)Cc1ccccc1)C(=O)OC(C)(C)C. The molecule has 5 nitrogen and oxygen atoms in total. The van der Waals surface area contributed by atoms with E-state index >= 15 is 0 Å². The maximum atomic E-state index is 13.1. The smallest absolute Gasteiger partial charge is 0.410 e. The number of aliphatic hydroxyl groups excluding tert-OH is 1. The molecule has 5 heteroatoms. The van der Waals surface area contributed by atoms with Gasteiger partial charge in [0.15, 0.2) is 0 Å². The van der Waals surface area contributed by atoms with Gasteiger partial charge >= 0.3 is 6.09 Å². The Hall–Kier alpha value is -3.15. The van der Waals surface area contributed by atoms with Crippen molar-refractivity contribution >= 4 is 6.09 Å². The van der Waals surface area contributed by atoms with Gasteiger partial charge in [-0.1, -0.05) is 105 Å². The molecule has 204 valence electrons. The molecule has 3 aromatic carbocycles. The maximum Gasteiger partial charge on any atom is 0.410 e. The molecule has 0 heterocycles. The van der Waals surface area contributed by atoms with Gasteiger partial charge in [0.25, 0.3) is 0 Å². The molecular weight excluding hydrogens is 472 g/mol. The van der Waals surface area contributed by atoms with E-state index in [1.807, 2.05) is 75.4 Å². The average molecular weight is 517 g/mol. The third-order valence-electron chi connectivity index (χ3n) is 6.30. The number of hydrogen-bond acceptors (Lipinski definition) is 4. The highest BCUT2D eigenvalue weighted by Gasteiger charge is 2.31. The highest BCUT2D eigenvalue weighted by Crippen LogP contribution is 2.21. The molecule has 0 radical (unpaired) electrons. The van der Waals surface area contributed by atoms with Crippen LogP contribution in [0, 0.1) is 5.92 Å². The van der Waals surface area contributed by atoms with Crippen LogP contribution in [0.4, 0.5) is 4.79 Å². The normalized spacial score (nSPS) is 13.4. The van der Waals surface area contributed by atoms with Crippen molar-refractivity contribution in [3.05, 3.63) is 108 Å². The molecule has 1 N–H and O–H groups in total. The summed E-state index contributed by atoms with van der Waals surface area (Å²) in [7, 11) is 0. The zero-order valence-electron chi connectivity index (χ0n) is 23.6. The molecule has 0 saturated heterocycles. The number of benzene rings is 3. The molecule has 0 aliphatic heterocycles. The summed E-state index contributed by atoms with van der Waals surface area (Å²) in [6.45, 7) is 11.8. The first kappa shape index (κ1) is 29.4. The number of carbonyl (C=O) groups is 1. The second kappa shape index (κ2) is 14.1. The van der Waals surface area contributed by atoms with Crippen LogP contribution < -0.4 is 0 Å². The van der Waals surface area contributed by atoms with Crippen LogP contribution in [-0.2, 0) is 24.2 Å². The topological polar surface area (TPSA) is 53.0 Å². The predicted octanol–water partition coefficient (Wildman–Crippen LogP) is 6.55. The number of ether oxygens (including phenoxy) is 1. The number of nitrogens with zero attached hydrogens (tertiary/aromatic N) is 2. The Bertz CT molecular complexity index is 1040. The van der Waals surface area contributed by atoms with Crippen molar-refractivity contribution in [2.45, 2.75) is 71.9 Å². The zero-order valence-corrected chi connectivity index (χ0v) is 23.6. The lowest BCUT2D eigenvalue weighted by Gasteiger charge is -2.38. The first-order valence-corrected chi connectivity index (χ1v) is 13.6. The van der Waals surface area contributed by atoms with Gasteiger partial charge < -0.3 is 14.7 Å². The summed E-state index contributed by atoms with van der Waals surface area (Å²) in [5.41, 5.74) is 2.91. The molecule has 2 unspecified atom stereocenters. The number of amides is 1. The summed E-state index contributed by atoms with van der Waals surface area (Å²) in [5, 5.41) is 11.8. The molecule has 0 aliphatic rings. The fraction of sp³-hybridized carbons (Fsp3) is 0.424. The van der Waals surface area contributed by atoms with E-state index in [4.69, 9.17) is 4.74 Å². The molecule has 1 amide bonds. The van der Waals surface area contributed by atoms with Gasteiger partial charge in [0.1, 0.15) is 5.60 Å². The van der Waals surface area contributed by atoms with Crippen LogP contribution in [0.3, 0.4) is 0 Å². The second-order valence-electron chi connectivity index (χ2n) is 11.5. The highest BCUT2D eigenvalue weighted by atomic mass is 16.6. The molecule has 0 bridgehead atoms. The predicted molar refractivity (Wildman–Crippen MR) is 155 cm³/mol. The first-order valence-electron chi connectivity index (χ1n) is 13.6. The fourth-order valence-electron chi connectivity index (χ4n) is 4.63. The Morgan fingerprint density at radius 3 is 1.63 bits per heavy atom. The Balaban J connectivity index is 1.94. The minimum Gasteiger partial charge on any atom is -0.444 e. The average Bonchev–Trinajstić information content (AvgIpc) is 2.87. The van der Waals surface area contributed by atoms with Crippen LogP contribution in [-0.4, -0.2) is 51.8 Å². The van der Waals surface area contributed by atoms with Gasteiger partial charge in [0, 0.05) is 25.7 Å². The van der Waals surface area contributed by atoms with E-state index < -0.39 is 11.7 Å². The molecule has 3 rings (SSSR count). The molecule has 38 heavy (non-hydrogen) atoms. The lowest BCUT2D eigenvalue weighted by atomic mass is 9.97. The van der Waals surface area contributed by atoms with Crippen molar-refractivity contribution in [2.75, 3.05) is 13.1 Å². The van der Waals surface area contributed by atoms with Gasteiger partial charge in [-0.3, -0.25) is 4.90 Å². The number of aliphatic hydroxyl groups is 1. The van der Waals surface area contributed by atoms with E-state index in [9.17, 15) is 9.90 Å². The van der Waals surface area contributed by atoms with E-state index in [0.29, 0.717) is 26.1 Å². The monoisotopic (exact) mass is 516 g/mol. The van der Waals surface area contributed by atoms with Gasteiger partial charge in [-0.25, -0.2) is 4.79 Å². The summed E-state index contributed by atoms with van der Waals surface area (Å²) < 4.78 is 5.71. The van der Waals surface area contributed by atoms with Crippen molar-refractivity contribution in [3.8, 4) is 0 Å². The van der Waals surface area contributed by atoms with Gasteiger partial charge in [-0.15, -0.1) is 0 Å². The first-order chi connectivity index (χ1) is 18.1. The van der Waals surface area contributed by atoms with E-state index in [2.05, 4.69) is 55.1 Å². The van der Waals surface area contributed by atoms with Crippen LogP contribution >= 0.6 is 0 Å². The molecule has 0 aliphatic carbocycles. The van der Waals surface area contributed by atoms with E-state index in [1.54, 1.807) is 4.90 Å². The third-order valence-corrected chi connectivity index (χ3v) is 6.30. The van der Waals surface area contributed by atoms with Crippen LogP contribution in [0.25, 0.3) is 0 Å². The van der Waals surface area contributed by atoms with Gasteiger partial charge in [-0.2, -0.15) is 0 Å². The Kier molecular flexibility index (Phi) is 10.9. The van der Waals surface area contributed by atoms with Crippen molar-refractivity contribution in [1.82, 2.24) is 9.80 Å². The minimum atomic E-state index is -0.783. The van der Waals surface area contributed by atoms with Gasteiger partial charge in [-0.05, 0) is 49.8 Å². The molecule has 0 fully saturated rings. The van der Waals surface area contributed by atoms with Crippen LogP contribution in [0.2, 0.25) is 0 Å². The van der Waals surface area contributed by atoms with Crippen LogP contribution in [0.1, 0.15) is 51.3 Å².